The van der Waals surface area contributed by atoms with Gasteiger partial charge in [0.1, 0.15) is 32.2 Å². The standard InChI is InChI=1S/C20H19ClN4O4S2.C15H15N3O6S2/c1-10-9-11(2)17(12(3)14(10)5-7-22)23-19(26)18-15(6-8-30-18)31(27,28)25-20-16(21)13(4)24-29-20;1-22-11-6-9(7-16)12(14(24-3)13(11)23-2)17-15(19)18-26(20,21)10-4-5-25-8-10/h6,8-9,25H,5H2,1-4H3,(H,23,26);4-6,8H,1-3H3,(H2,17,18,19). The van der Waals surface area contributed by atoms with Gasteiger partial charge < -0.3 is 29.4 Å². The lowest BCUT2D eigenvalue weighted by Crippen LogP contribution is -2.34. The van der Waals surface area contributed by atoms with Crippen molar-refractivity contribution in [2.24, 2.45) is 0 Å². The van der Waals surface area contributed by atoms with E-state index in [9.17, 15) is 31.7 Å². The molecule has 0 radical (unpaired) electrons. The summed E-state index contributed by atoms with van der Waals surface area (Å²) in [6.45, 7) is 7.14. The number of urea groups is 1. The number of nitrogens with one attached hydrogen (secondary N) is 4. The number of nitrogens with zero attached hydrogens (tertiary/aromatic N) is 3. The van der Waals surface area contributed by atoms with Crippen LogP contribution in [0.15, 0.2) is 54.7 Å². The fraction of sp³-hybridized carbons (Fsp3) is 0.229. The molecule has 0 unspecified atom stereocenters. The number of aryl methyl sites for hydroxylation is 3. The molecule has 17 nitrogen and oxygen atoms in total. The molecule has 0 aliphatic carbocycles. The number of benzene rings is 2. The van der Waals surface area contributed by atoms with Crippen molar-refractivity contribution >= 4 is 83.5 Å². The van der Waals surface area contributed by atoms with E-state index >= 15 is 0 Å². The third-order valence-electron chi connectivity index (χ3n) is 7.99. The normalized spacial score (nSPS) is 10.9. The van der Waals surface area contributed by atoms with E-state index in [1.54, 1.807) is 12.3 Å². The molecular weight excluding hydrogens is 842 g/mol. The van der Waals surface area contributed by atoms with Crippen molar-refractivity contribution in [3.63, 3.8) is 0 Å². The van der Waals surface area contributed by atoms with Gasteiger partial charge in [-0.1, -0.05) is 22.8 Å². The van der Waals surface area contributed by atoms with E-state index < -0.39 is 32.0 Å². The number of nitriles is 2. The molecule has 0 saturated heterocycles. The highest BCUT2D eigenvalue weighted by Gasteiger charge is 2.28. The molecule has 0 fully saturated rings. The van der Waals surface area contributed by atoms with Gasteiger partial charge in [-0.2, -0.15) is 21.9 Å². The smallest absolute Gasteiger partial charge is 0.333 e. The minimum atomic E-state index is -4.15. The van der Waals surface area contributed by atoms with Crippen LogP contribution >= 0.6 is 34.3 Å². The van der Waals surface area contributed by atoms with Crippen molar-refractivity contribution in [1.82, 2.24) is 9.88 Å². The number of amides is 3. The molecule has 0 bridgehead atoms. The van der Waals surface area contributed by atoms with Gasteiger partial charge in [-0.3, -0.25) is 4.79 Å². The number of sulfonamides is 2. The van der Waals surface area contributed by atoms with Crippen LogP contribution in [0.1, 0.15) is 43.2 Å². The topological polar surface area (TPSA) is 252 Å². The zero-order valence-electron chi connectivity index (χ0n) is 31.2. The minimum absolute atomic E-state index is 0.000989. The SMILES string of the molecule is COc1cc(C#N)c(NC(=O)NS(=O)(=O)c2ccsc2)c(OC)c1OC.Cc1cc(C)c(NC(=O)c2sccc2S(=O)(=O)Nc2onc(C)c2Cl)c(C)c1CC#N. The Balaban J connectivity index is 0.000000257. The second kappa shape index (κ2) is 18.4. The highest BCUT2D eigenvalue weighted by Crippen LogP contribution is 2.45. The van der Waals surface area contributed by atoms with Gasteiger partial charge in [0.05, 0.1) is 44.3 Å². The molecule has 3 heterocycles. The number of aromatic nitrogens is 1. The molecule has 0 saturated carbocycles. The first kappa shape index (κ1) is 43.9. The number of hydrogen-bond acceptors (Lipinski definition) is 15. The van der Waals surface area contributed by atoms with Gasteiger partial charge in [-0.25, -0.2) is 31.1 Å². The Morgan fingerprint density at radius 1 is 0.912 bits per heavy atom. The average molecular weight is 876 g/mol. The van der Waals surface area contributed by atoms with E-state index in [1.807, 2.05) is 37.6 Å². The number of halogens is 1. The number of carbonyl (C=O) groups is 2. The van der Waals surface area contributed by atoms with Gasteiger partial charge in [0.2, 0.25) is 5.75 Å². The van der Waals surface area contributed by atoms with E-state index in [2.05, 4.69) is 26.6 Å². The second-order valence-corrected chi connectivity index (χ2v) is 17.0. The highest BCUT2D eigenvalue weighted by molar-refractivity contribution is 7.93. The van der Waals surface area contributed by atoms with Crippen molar-refractivity contribution in [3.05, 3.63) is 83.8 Å². The summed E-state index contributed by atoms with van der Waals surface area (Å²) in [5.74, 6) is -0.412. The third kappa shape index (κ3) is 9.76. The number of carbonyl (C=O) groups excluding carboxylic acids is 2. The van der Waals surface area contributed by atoms with Crippen LogP contribution in [0.3, 0.4) is 0 Å². The molecule has 2 aromatic carbocycles. The number of rotatable bonds is 12. The van der Waals surface area contributed by atoms with Gasteiger partial charge in [0.15, 0.2) is 11.5 Å². The predicted molar refractivity (Wildman–Crippen MR) is 214 cm³/mol. The van der Waals surface area contributed by atoms with E-state index in [1.165, 1.54) is 61.6 Å². The highest BCUT2D eigenvalue weighted by atomic mass is 35.5. The number of ether oxygens (including phenoxy) is 3. The first-order valence-corrected chi connectivity index (χ1v) is 21.2. The lowest BCUT2D eigenvalue weighted by Gasteiger charge is -2.17. The molecule has 3 aromatic heterocycles. The molecule has 57 heavy (non-hydrogen) atoms. The quantitative estimate of drug-likeness (QED) is 0.0997. The molecule has 22 heteroatoms. The summed E-state index contributed by atoms with van der Waals surface area (Å²) >= 11 is 8.16. The van der Waals surface area contributed by atoms with Crippen LogP contribution in [0.4, 0.5) is 22.1 Å². The second-order valence-electron chi connectivity index (χ2n) is 11.6. The summed E-state index contributed by atoms with van der Waals surface area (Å²) in [6.07, 6.45) is 0.209. The van der Waals surface area contributed by atoms with Crippen molar-refractivity contribution < 1.29 is 45.2 Å². The van der Waals surface area contributed by atoms with E-state index in [-0.39, 0.29) is 60.5 Å². The Hall–Kier alpha value is -5.84. The van der Waals surface area contributed by atoms with Crippen LogP contribution in [-0.2, 0) is 26.5 Å². The predicted octanol–water partition coefficient (Wildman–Crippen LogP) is 6.90. The summed E-state index contributed by atoms with van der Waals surface area (Å²) in [5.41, 5.74) is 4.22. The van der Waals surface area contributed by atoms with Crippen LogP contribution < -0.4 is 34.3 Å². The molecule has 5 aromatic rings. The summed E-state index contributed by atoms with van der Waals surface area (Å²) in [7, 11) is -4.14. The molecule has 0 spiro atoms. The Morgan fingerprint density at radius 2 is 1.61 bits per heavy atom. The Morgan fingerprint density at radius 3 is 2.18 bits per heavy atom. The monoisotopic (exact) mass is 875 g/mol. The zero-order valence-corrected chi connectivity index (χ0v) is 35.2. The van der Waals surface area contributed by atoms with Gasteiger partial charge >= 0.3 is 6.03 Å². The molecular formula is C35H34ClN7O10S4. The number of thiophene rings is 2. The van der Waals surface area contributed by atoms with Crippen LogP contribution in [0.5, 0.6) is 17.2 Å². The van der Waals surface area contributed by atoms with E-state index in [0.717, 1.165) is 33.6 Å². The average Bonchev–Trinajstić information content (AvgIpc) is 3.95. The maximum absolute atomic E-state index is 13.0. The van der Waals surface area contributed by atoms with Gasteiger partial charge in [-0.15, -0.1) is 11.3 Å². The molecule has 0 atom stereocenters. The largest absolute Gasteiger partial charge is 0.493 e. The van der Waals surface area contributed by atoms with E-state index in [0.29, 0.717) is 11.4 Å². The number of methoxy groups -OCH3 is 3. The minimum Gasteiger partial charge on any atom is -0.493 e. The zero-order chi connectivity index (χ0) is 42.2. The van der Waals surface area contributed by atoms with E-state index in [4.69, 9.17) is 35.6 Å². The summed E-state index contributed by atoms with van der Waals surface area (Å²) in [6, 6.07) is 8.87. The van der Waals surface area contributed by atoms with Gasteiger partial charge in [0, 0.05) is 17.1 Å². The maximum Gasteiger partial charge on any atom is 0.333 e. The van der Waals surface area contributed by atoms with Crippen LogP contribution in [-0.4, -0.2) is 55.3 Å². The molecule has 0 aliphatic rings. The van der Waals surface area contributed by atoms with Gasteiger partial charge in [0.25, 0.3) is 31.8 Å². The maximum atomic E-state index is 13.0. The van der Waals surface area contributed by atoms with Gasteiger partial charge in [-0.05, 0) is 72.8 Å². The first-order chi connectivity index (χ1) is 26.9. The van der Waals surface area contributed by atoms with Crippen LogP contribution in [0, 0.1) is 50.4 Å². The number of hydrogen-bond donors (Lipinski definition) is 4. The Bertz CT molecular complexity index is 2630. The fourth-order valence-electron chi connectivity index (χ4n) is 5.31. The lowest BCUT2D eigenvalue weighted by molar-refractivity contribution is 0.102. The Kier molecular flexibility index (Phi) is 14.2. The third-order valence-corrected chi connectivity index (χ3v) is 13.0. The molecule has 300 valence electrons. The summed E-state index contributed by atoms with van der Waals surface area (Å²) < 4.78 is 74.5. The van der Waals surface area contributed by atoms with Crippen LogP contribution in [0.25, 0.3) is 0 Å². The first-order valence-electron chi connectivity index (χ1n) is 16.0. The Labute approximate surface area is 341 Å². The number of anilines is 3. The van der Waals surface area contributed by atoms with Crippen molar-refractivity contribution in [3.8, 4) is 29.4 Å². The van der Waals surface area contributed by atoms with Crippen molar-refractivity contribution in [1.29, 1.82) is 10.5 Å². The fourth-order valence-corrected chi connectivity index (χ4v) is 9.73. The summed E-state index contributed by atoms with van der Waals surface area (Å²) in [5, 5.41) is 31.7. The molecule has 4 N–H and O–H groups in total. The van der Waals surface area contributed by atoms with Crippen LogP contribution in [0.2, 0.25) is 5.02 Å². The van der Waals surface area contributed by atoms with Crippen molar-refractivity contribution in [2.75, 3.05) is 36.7 Å². The molecule has 0 aliphatic heterocycles. The van der Waals surface area contributed by atoms with Crippen molar-refractivity contribution in [2.45, 2.75) is 43.9 Å². The molecule has 3 amide bonds. The summed E-state index contributed by atoms with van der Waals surface area (Å²) in [4.78, 5) is 24.9. The lowest BCUT2D eigenvalue weighted by atomic mass is 9.95. The molecule has 5 rings (SSSR count).